The summed E-state index contributed by atoms with van der Waals surface area (Å²) in [7, 11) is 0. The highest BCUT2D eigenvalue weighted by atomic mass is 35.5. The van der Waals surface area contributed by atoms with E-state index in [1.807, 2.05) is 29.0 Å². The number of halogens is 1. The van der Waals surface area contributed by atoms with Crippen LogP contribution in [0.5, 0.6) is 0 Å². The van der Waals surface area contributed by atoms with Crippen molar-refractivity contribution in [2.24, 2.45) is 0 Å². The van der Waals surface area contributed by atoms with Crippen molar-refractivity contribution in [1.29, 1.82) is 0 Å². The number of ether oxygens (including phenoxy) is 1. The zero-order valence-electron chi connectivity index (χ0n) is 11.3. The van der Waals surface area contributed by atoms with Crippen LogP contribution in [0.25, 0.3) is 10.9 Å². The Morgan fingerprint density at radius 1 is 1.25 bits per heavy atom. The van der Waals surface area contributed by atoms with Gasteiger partial charge in [0.15, 0.2) is 5.78 Å². The largest absolute Gasteiger partial charge is 0.466 e. The first-order valence-electron chi connectivity index (χ1n) is 6.52. The van der Waals surface area contributed by atoms with Crippen LogP contribution >= 0.6 is 11.6 Å². The van der Waals surface area contributed by atoms with Crippen molar-refractivity contribution in [2.45, 2.75) is 26.3 Å². The SMILES string of the molecule is CCOC(=O)CCC(=O)Cn1ccc2cc(Cl)ccc21. The van der Waals surface area contributed by atoms with Crippen LogP contribution in [0.4, 0.5) is 0 Å². The summed E-state index contributed by atoms with van der Waals surface area (Å²) in [5, 5.41) is 1.67. The van der Waals surface area contributed by atoms with Crippen molar-refractivity contribution in [1.82, 2.24) is 4.57 Å². The molecule has 1 aromatic carbocycles. The van der Waals surface area contributed by atoms with E-state index in [9.17, 15) is 9.59 Å². The fourth-order valence-corrected chi connectivity index (χ4v) is 2.23. The molecule has 0 aliphatic rings. The van der Waals surface area contributed by atoms with Gasteiger partial charge >= 0.3 is 5.97 Å². The highest BCUT2D eigenvalue weighted by molar-refractivity contribution is 6.31. The van der Waals surface area contributed by atoms with Crippen molar-refractivity contribution in [3.05, 3.63) is 35.5 Å². The maximum absolute atomic E-state index is 11.9. The lowest BCUT2D eigenvalue weighted by Crippen LogP contribution is -2.12. The molecule has 0 atom stereocenters. The molecule has 1 aromatic heterocycles. The first kappa shape index (κ1) is 14.6. The number of aromatic nitrogens is 1. The van der Waals surface area contributed by atoms with E-state index >= 15 is 0 Å². The van der Waals surface area contributed by atoms with Crippen LogP contribution in [-0.2, 0) is 20.9 Å². The molecule has 106 valence electrons. The van der Waals surface area contributed by atoms with Crippen LogP contribution in [-0.4, -0.2) is 22.9 Å². The Kier molecular flexibility index (Phi) is 4.79. The molecular formula is C15H16ClNO3. The Morgan fingerprint density at radius 3 is 2.80 bits per heavy atom. The zero-order valence-corrected chi connectivity index (χ0v) is 12.0. The molecule has 2 aromatic rings. The fourth-order valence-electron chi connectivity index (χ4n) is 2.05. The van der Waals surface area contributed by atoms with E-state index in [0.717, 1.165) is 10.9 Å². The molecule has 0 bridgehead atoms. The van der Waals surface area contributed by atoms with Crippen LogP contribution in [0, 0.1) is 0 Å². The van der Waals surface area contributed by atoms with Gasteiger partial charge in [-0.05, 0) is 31.2 Å². The molecule has 0 unspecified atom stereocenters. The molecule has 0 aliphatic heterocycles. The predicted molar refractivity (Wildman–Crippen MR) is 77.8 cm³/mol. The predicted octanol–water partition coefficient (Wildman–Crippen LogP) is 3.21. The number of rotatable bonds is 6. The number of hydrogen-bond acceptors (Lipinski definition) is 3. The van der Waals surface area contributed by atoms with Crippen molar-refractivity contribution >= 4 is 34.3 Å². The van der Waals surface area contributed by atoms with E-state index in [4.69, 9.17) is 16.3 Å². The van der Waals surface area contributed by atoms with E-state index in [1.54, 1.807) is 13.0 Å². The minimum Gasteiger partial charge on any atom is -0.466 e. The normalized spacial score (nSPS) is 10.7. The maximum atomic E-state index is 11.9. The molecular weight excluding hydrogens is 278 g/mol. The van der Waals surface area contributed by atoms with Gasteiger partial charge in [-0.15, -0.1) is 0 Å². The topological polar surface area (TPSA) is 48.3 Å². The van der Waals surface area contributed by atoms with Gasteiger partial charge in [-0.1, -0.05) is 11.6 Å². The molecule has 0 saturated carbocycles. The second-order valence-electron chi connectivity index (χ2n) is 4.49. The lowest BCUT2D eigenvalue weighted by molar-refractivity contribution is -0.144. The highest BCUT2D eigenvalue weighted by Crippen LogP contribution is 2.20. The average Bonchev–Trinajstić information content (AvgIpc) is 2.79. The molecule has 2 rings (SSSR count). The molecule has 0 spiro atoms. The Morgan fingerprint density at radius 2 is 2.05 bits per heavy atom. The summed E-state index contributed by atoms with van der Waals surface area (Å²) in [5.41, 5.74) is 0.957. The number of carbonyl (C=O) groups is 2. The van der Waals surface area contributed by atoms with Gasteiger partial charge in [-0.2, -0.15) is 0 Å². The van der Waals surface area contributed by atoms with Crippen molar-refractivity contribution in [3.8, 4) is 0 Å². The number of ketones is 1. The summed E-state index contributed by atoms with van der Waals surface area (Å²) in [6, 6.07) is 7.45. The third kappa shape index (κ3) is 3.61. The van der Waals surface area contributed by atoms with Crippen LogP contribution in [0.3, 0.4) is 0 Å². The summed E-state index contributed by atoms with van der Waals surface area (Å²) in [5.74, 6) is -0.324. The Labute approximate surface area is 122 Å². The van der Waals surface area contributed by atoms with Crippen molar-refractivity contribution < 1.29 is 14.3 Å². The number of carbonyl (C=O) groups excluding carboxylic acids is 2. The molecule has 1 heterocycles. The van der Waals surface area contributed by atoms with Crippen LogP contribution < -0.4 is 0 Å². The molecule has 4 nitrogen and oxygen atoms in total. The third-order valence-electron chi connectivity index (χ3n) is 2.99. The number of fused-ring (bicyclic) bond motifs is 1. The van der Waals surface area contributed by atoms with Gasteiger partial charge in [-0.3, -0.25) is 9.59 Å². The van der Waals surface area contributed by atoms with Crippen molar-refractivity contribution in [2.75, 3.05) is 6.61 Å². The standard InChI is InChI=1S/C15H16ClNO3/c1-2-20-15(19)6-4-13(18)10-17-8-7-11-9-12(16)3-5-14(11)17/h3,5,7-9H,2,4,6,10H2,1H3. The average molecular weight is 294 g/mol. The number of hydrogen-bond donors (Lipinski definition) is 0. The van der Waals surface area contributed by atoms with Gasteiger partial charge in [0.05, 0.1) is 19.6 Å². The van der Waals surface area contributed by atoms with E-state index in [-0.39, 0.29) is 31.1 Å². The fraction of sp³-hybridized carbons (Fsp3) is 0.333. The molecule has 20 heavy (non-hydrogen) atoms. The van der Waals surface area contributed by atoms with Gasteiger partial charge in [0.1, 0.15) is 0 Å². The highest BCUT2D eigenvalue weighted by Gasteiger charge is 2.10. The number of esters is 1. The van der Waals surface area contributed by atoms with E-state index in [1.165, 1.54) is 0 Å². The van der Waals surface area contributed by atoms with E-state index < -0.39 is 0 Å². The van der Waals surface area contributed by atoms with E-state index in [2.05, 4.69) is 0 Å². The van der Waals surface area contributed by atoms with Crippen LogP contribution in [0.1, 0.15) is 19.8 Å². The lowest BCUT2D eigenvalue weighted by atomic mass is 10.2. The summed E-state index contributed by atoms with van der Waals surface area (Å²) in [6.45, 7) is 2.34. The van der Waals surface area contributed by atoms with Gasteiger partial charge in [0.2, 0.25) is 0 Å². The second-order valence-corrected chi connectivity index (χ2v) is 4.93. The monoisotopic (exact) mass is 293 g/mol. The van der Waals surface area contributed by atoms with Gasteiger partial charge in [0.25, 0.3) is 0 Å². The van der Waals surface area contributed by atoms with Gasteiger partial charge in [0, 0.05) is 28.5 Å². The van der Waals surface area contributed by atoms with Crippen molar-refractivity contribution in [3.63, 3.8) is 0 Å². The maximum Gasteiger partial charge on any atom is 0.306 e. The summed E-state index contributed by atoms with van der Waals surface area (Å²) >= 11 is 5.92. The number of nitrogens with zero attached hydrogens (tertiary/aromatic N) is 1. The minimum absolute atomic E-state index is 0.00510. The van der Waals surface area contributed by atoms with Gasteiger partial charge < -0.3 is 9.30 Å². The quantitative estimate of drug-likeness (QED) is 0.768. The molecule has 0 amide bonds. The molecule has 0 N–H and O–H groups in total. The van der Waals surface area contributed by atoms with Gasteiger partial charge in [-0.25, -0.2) is 0 Å². The number of benzene rings is 1. The smallest absolute Gasteiger partial charge is 0.306 e. The number of Topliss-reactive ketones (excluding diaryl/α,β-unsaturated/α-hetero) is 1. The molecule has 0 saturated heterocycles. The second kappa shape index (κ2) is 6.57. The Hall–Kier alpha value is -1.81. The van der Waals surface area contributed by atoms with Crippen LogP contribution in [0.2, 0.25) is 5.02 Å². The lowest BCUT2D eigenvalue weighted by Gasteiger charge is -2.05. The summed E-state index contributed by atoms with van der Waals surface area (Å²) in [6.07, 6.45) is 2.19. The minimum atomic E-state index is -0.329. The molecule has 0 fully saturated rings. The zero-order chi connectivity index (χ0) is 14.5. The molecule has 0 aliphatic carbocycles. The first-order chi connectivity index (χ1) is 9.60. The van der Waals surface area contributed by atoms with Crippen LogP contribution in [0.15, 0.2) is 30.5 Å². The first-order valence-corrected chi connectivity index (χ1v) is 6.89. The third-order valence-corrected chi connectivity index (χ3v) is 3.23. The Balaban J connectivity index is 1.98. The molecule has 0 radical (unpaired) electrons. The molecule has 5 heteroatoms. The van der Waals surface area contributed by atoms with E-state index in [0.29, 0.717) is 11.6 Å². The Bertz CT molecular complexity index is 633. The summed E-state index contributed by atoms with van der Waals surface area (Å²) in [4.78, 5) is 23.1. The summed E-state index contributed by atoms with van der Waals surface area (Å²) < 4.78 is 6.66.